The van der Waals surface area contributed by atoms with Crippen LogP contribution in [0.3, 0.4) is 0 Å². The van der Waals surface area contributed by atoms with Crippen molar-refractivity contribution in [3.8, 4) is 23.0 Å². The molecule has 9 heteroatoms. The van der Waals surface area contributed by atoms with Gasteiger partial charge in [0.25, 0.3) is 0 Å². The molecule has 0 fully saturated rings. The topological polar surface area (TPSA) is 134 Å². The highest BCUT2D eigenvalue weighted by atomic mass is 79.9. The first-order valence-corrected chi connectivity index (χ1v) is 11.4. The fourth-order valence-electron chi connectivity index (χ4n) is 3.20. The number of allylic oxidation sites excluding steroid dienone is 4. The predicted molar refractivity (Wildman–Crippen MR) is 136 cm³/mol. The lowest BCUT2D eigenvalue weighted by atomic mass is 9.93. The largest absolute Gasteiger partial charge is 0.511 e. The third-order valence-electron chi connectivity index (χ3n) is 4.87. The van der Waals surface area contributed by atoms with Crippen molar-refractivity contribution < 1.29 is 39.5 Å². The van der Waals surface area contributed by atoms with Gasteiger partial charge in [-0.25, -0.2) is 9.59 Å². The van der Waals surface area contributed by atoms with E-state index in [0.717, 1.165) is 11.1 Å². The Labute approximate surface area is 211 Å². The van der Waals surface area contributed by atoms with Crippen LogP contribution in [0, 0.1) is 0 Å². The highest BCUT2D eigenvalue weighted by Gasteiger charge is 2.20. The van der Waals surface area contributed by atoms with Crippen molar-refractivity contribution in [3.05, 3.63) is 68.2 Å². The molecule has 0 bridgehead atoms. The van der Waals surface area contributed by atoms with Gasteiger partial charge in [-0.3, -0.25) is 0 Å². The highest BCUT2D eigenvalue weighted by Crippen LogP contribution is 2.43. The highest BCUT2D eigenvalue weighted by molar-refractivity contribution is 9.10. The van der Waals surface area contributed by atoms with Gasteiger partial charge >= 0.3 is 12.3 Å². The van der Waals surface area contributed by atoms with Gasteiger partial charge in [0.2, 0.25) is 0 Å². The van der Waals surface area contributed by atoms with Crippen LogP contribution in [0.1, 0.15) is 49.9 Å². The Hall–Kier alpha value is -3.72. The van der Waals surface area contributed by atoms with E-state index in [0.29, 0.717) is 35.1 Å². The number of carbonyl (C=O) groups is 2. The molecular formula is C26H27BrO8. The van der Waals surface area contributed by atoms with Crippen molar-refractivity contribution >= 4 is 40.4 Å². The molecule has 0 atom stereocenters. The fraction of sp³-hybridized carbons (Fsp3) is 0.231. The van der Waals surface area contributed by atoms with E-state index in [9.17, 15) is 19.8 Å². The number of phenols is 2. The Kier molecular flexibility index (Phi) is 9.53. The smallest absolute Gasteiger partial charge is 0.506 e. The number of aromatic hydroxyl groups is 2. The van der Waals surface area contributed by atoms with Crippen LogP contribution in [-0.4, -0.2) is 32.7 Å². The van der Waals surface area contributed by atoms with E-state index in [4.69, 9.17) is 10.2 Å². The van der Waals surface area contributed by atoms with Gasteiger partial charge < -0.3 is 29.9 Å². The lowest BCUT2D eigenvalue weighted by Crippen LogP contribution is -2.08. The molecule has 0 unspecified atom stereocenters. The second-order valence-corrected chi connectivity index (χ2v) is 8.92. The van der Waals surface area contributed by atoms with E-state index >= 15 is 0 Å². The van der Waals surface area contributed by atoms with Crippen LogP contribution in [0.15, 0.2) is 46.0 Å². The fourth-order valence-corrected chi connectivity index (χ4v) is 3.68. The van der Waals surface area contributed by atoms with Crippen LogP contribution in [-0.2, 0) is 12.8 Å². The molecule has 2 aromatic rings. The van der Waals surface area contributed by atoms with E-state index in [2.05, 4.69) is 25.4 Å². The summed E-state index contributed by atoms with van der Waals surface area (Å²) in [6, 6.07) is 4.11. The molecule has 0 saturated carbocycles. The molecule has 0 aromatic heterocycles. The van der Waals surface area contributed by atoms with Gasteiger partial charge in [0, 0.05) is 11.1 Å². The van der Waals surface area contributed by atoms with Crippen molar-refractivity contribution in [1.29, 1.82) is 0 Å². The summed E-state index contributed by atoms with van der Waals surface area (Å²) in [5.74, 6) is -0.732. The molecule has 0 radical (unpaired) electrons. The minimum Gasteiger partial charge on any atom is -0.506 e. The van der Waals surface area contributed by atoms with Crippen molar-refractivity contribution in [2.75, 3.05) is 0 Å². The third kappa shape index (κ3) is 7.65. The van der Waals surface area contributed by atoms with Crippen LogP contribution < -0.4 is 9.47 Å². The Balaban J connectivity index is 2.68. The van der Waals surface area contributed by atoms with Gasteiger partial charge in [0.15, 0.2) is 11.5 Å². The molecule has 8 nitrogen and oxygen atoms in total. The van der Waals surface area contributed by atoms with E-state index in [1.807, 2.05) is 39.8 Å². The number of phenolic OH excluding ortho intramolecular Hbond substituents is 2. The lowest BCUT2D eigenvalue weighted by Gasteiger charge is -2.17. The predicted octanol–water partition coefficient (Wildman–Crippen LogP) is 7.16. The number of halogens is 1. The molecule has 35 heavy (non-hydrogen) atoms. The number of hydrogen-bond acceptors (Lipinski definition) is 6. The van der Waals surface area contributed by atoms with E-state index < -0.39 is 12.3 Å². The van der Waals surface area contributed by atoms with Crippen LogP contribution in [0.5, 0.6) is 23.0 Å². The van der Waals surface area contributed by atoms with E-state index in [1.54, 1.807) is 12.2 Å². The molecule has 0 amide bonds. The Morgan fingerprint density at radius 2 is 1.31 bits per heavy atom. The molecule has 0 aliphatic carbocycles. The third-order valence-corrected chi connectivity index (χ3v) is 5.62. The average Bonchev–Trinajstić information content (AvgIpc) is 2.75. The summed E-state index contributed by atoms with van der Waals surface area (Å²) < 4.78 is 9.44. The molecule has 0 saturated heterocycles. The molecule has 2 rings (SSSR count). The maximum absolute atomic E-state index is 11.0. The van der Waals surface area contributed by atoms with Crippen LogP contribution >= 0.6 is 15.9 Å². The van der Waals surface area contributed by atoms with Crippen molar-refractivity contribution in [2.24, 2.45) is 0 Å². The van der Waals surface area contributed by atoms with Crippen molar-refractivity contribution in [2.45, 2.75) is 40.5 Å². The number of benzene rings is 2. The summed E-state index contributed by atoms with van der Waals surface area (Å²) >= 11 is 3.29. The zero-order valence-corrected chi connectivity index (χ0v) is 21.3. The van der Waals surface area contributed by atoms with Gasteiger partial charge in [0.1, 0.15) is 16.0 Å². The number of hydrogen-bond donors (Lipinski definition) is 4. The Morgan fingerprint density at radius 1 is 0.829 bits per heavy atom. The Bertz CT molecular complexity index is 1170. The molecular weight excluding hydrogens is 520 g/mol. The zero-order valence-electron chi connectivity index (χ0n) is 19.8. The molecule has 2 aromatic carbocycles. The van der Waals surface area contributed by atoms with Crippen LogP contribution in [0.25, 0.3) is 12.2 Å². The van der Waals surface area contributed by atoms with Crippen molar-refractivity contribution in [1.82, 2.24) is 0 Å². The van der Waals surface area contributed by atoms with Gasteiger partial charge in [-0.05, 0) is 79.7 Å². The lowest BCUT2D eigenvalue weighted by molar-refractivity contribution is 0.132. The first-order chi connectivity index (χ1) is 16.4. The summed E-state index contributed by atoms with van der Waals surface area (Å²) in [5.41, 5.74) is 4.37. The average molecular weight is 547 g/mol. The SMILES string of the molecule is CC(C)=CCc1c(O)c(Br)c(O)c(CC=C(C)C)c1/C=C/c1ccc(OC(=O)O)c(OC(=O)O)c1. The van der Waals surface area contributed by atoms with Crippen LogP contribution in [0.4, 0.5) is 9.59 Å². The summed E-state index contributed by atoms with van der Waals surface area (Å²) in [4.78, 5) is 21.9. The number of ether oxygens (including phenoxy) is 2. The van der Waals surface area contributed by atoms with E-state index in [1.165, 1.54) is 18.2 Å². The normalized spacial score (nSPS) is 10.7. The quantitative estimate of drug-likeness (QED) is 0.118. The molecule has 0 aliphatic heterocycles. The monoisotopic (exact) mass is 546 g/mol. The Morgan fingerprint density at radius 3 is 1.77 bits per heavy atom. The summed E-state index contributed by atoms with van der Waals surface area (Å²) in [7, 11) is 0. The first-order valence-electron chi connectivity index (χ1n) is 10.6. The van der Waals surface area contributed by atoms with Crippen molar-refractivity contribution in [3.63, 3.8) is 0 Å². The molecule has 0 heterocycles. The number of carboxylic acid groups (broad SMARTS) is 2. The van der Waals surface area contributed by atoms with Gasteiger partial charge in [-0.2, -0.15) is 0 Å². The van der Waals surface area contributed by atoms with Crippen LogP contribution in [0.2, 0.25) is 0 Å². The summed E-state index contributed by atoms with van der Waals surface area (Å²) in [6.07, 6.45) is 4.83. The second-order valence-electron chi connectivity index (χ2n) is 8.13. The van der Waals surface area contributed by atoms with Gasteiger partial charge in [-0.1, -0.05) is 41.5 Å². The summed E-state index contributed by atoms with van der Waals surface area (Å²) in [6.45, 7) is 7.77. The maximum Gasteiger partial charge on any atom is 0.511 e. The summed E-state index contributed by atoms with van der Waals surface area (Å²) in [5, 5.41) is 39.4. The molecule has 186 valence electrons. The molecule has 4 N–H and O–H groups in total. The molecule has 0 spiro atoms. The standard InChI is InChI=1S/C26H27BrO8/c1-14(2)5-9-18-17(19(10-6-15(3)4)24(29)22(27)23(18)28)11-7-16-8-12-20(34-25(30)31)21(13-16)35-26(32)33/h5-8,11-13,28-29H,9-10H2,1-4H3,(H,30,31)(H,32,33)/b11-7+. The minimum atomic E-state index is -1.63. The van der Waals surface area contributed by atoms with Gasteiger partial charge in [0.05, 0.1) is 0 Å². The minimum absolute atomic E-state index is 0.0827. The number of rotatable bonds is 8. The first kappa shape index (κ1) is 27.5. The van der Waals surface area contributed by atoms with E-state index in [-0.39, 0.29) is 27.5 Å². The zero-order chi connectivity index (χ0) is 26.3. The second kappa shape index (κ2) is 12.1. The maximum atomic E-state index is 11.0. The molecule has 0 aliphatic rings. The van der Waals surface area contributed by atoms with Gasteiger partial charge in [-0.15, -0.1) is 0 Å².